The first-order chi connectivity index (χ1) is 20.3. The van der Waals surface area contributed by atoms with Crippen LogP contribution in [0.4, 0.5) is 17.1 Å². The highest BCUT2D eigenvalue weighted by molar-refractivity contribution is 6.40. The van der Waals surface area contributed by atoms with Crippen LogP contribution < -0.4 is 20.4 Å². The van der Waals surface area contributed by atoms with Crippen molar-refractivity contribution < 1.29 is 29.4 Å². The lowest BCUT2D eigenvalue weighted by Crippen LogP contribution is -2.57. The predicted molar refractivity (Wildman–Crippen MR) is 166 cm³/mol. The molecule has 2 unspecified atom stereocenters. The summed E-state index contributed by atoms with van der Waals surface area (Å²) in [6, 6.07) is 18.8. The van der Waals surface area contributed by atoms with Crippen LogP contribution in [0.2, 0.25) is 5.02 Å². The van der Waals surface area contributed by atoms with E-state index in [0.29, 0.717) is 41.6 Å². The Balaban J connectivity index is 1.61. The minimum atomic E-state index is -1.13. The van der Waals surface area contributed by atoms with E-state index in [9.17, 15) is 29.4 Å². The fraction of sp³-hybridized carbons (Fsp3) is 0.312. The molecule has 1 fully saturated rings. The van der Waals surface area contributed by atoms with E-state index >= 15 is 0 Å². The number of aliphatic hydroxyl groups is 1. The number of carbonyl (C=O) groups is 4. The second-order valence-corrected chi connectivity index (χ2v) is 11.9. The first-order valence-electron chi connectivity index (χ1n) is 13.9. The third kappa shape index (κ3) is 7.91. The third-order valence-electron chi connectivity index (χ3n) is 7.07. The molecule has 226 valence electrons. The number of β-amino-alcohol motifs (C(OH)–C–C–N with tert-alkyl or cyclic N) is 1. The summed E-state index contributed by atoms with van der Waals surface area (Å²) in [5.41, 5.74) is 1.43. The summed E-state index contributed by atoms with van der Waals surface area (Å²) in [5.74, 6) is -3.57. The topological polar surface area (TPSA) is 139 Å². The van der Waals surface area contributed by atoms with Crippen molar-refractivity contribution in [2.75, 3.05) is 28.2 Å². The Kier molecular flexibility index (Phi) is 9.73. The van der Waals surface area contributed by atoms with E-state index in [2.05, 4.69) is 10.6 Å². The number of carboxylic acid groups (broad SMARTS) is 1. The Morgan fingerprint density at radius 1 is 1.00 bits per heavy atom. The number of nitrogens with one attached hydrogen (secondary N) is 2. The Hall–Kier alpha value is -4.41. The van der Waals surface area contributed by atoms with Gasteiger partial charge >= 0.3 is 17.8 Å². The number of nitrogens with zero attached hydrogens (tertiary/aromatic N) is 2. The van der Waals surface area contributed by atoms with E-state index in [1.165, 1.54) is 35.2 Å². The van der Waals surface area contributed by atoms with Crippen molar-refractivity contribution in [2.24, 2.45) is 0 Å². The van der Waals surface area contributed by atoms with Crippen LogP contribution in [0.25, 0.3) is 0 Å². The maximum Gasteiger partial charge on any atom is 0.335 e. The summed E-state index contributed by atoms with van der Waals surface area (Å²) in [6.07, 6.45) is 0.175. The van der Waals surface area contributed by atoms with Gasteiger partial charge in [0.25, 0.3) is 0 Å². The van der Waals surface area contributed by atoms with E-state index in [-0.39, 0.29) is 12.0 Å². The standard InChI is InChI=1S/C32H35ClN4O6/c1-32(2,3)37(23-12-9-21(10-13-23)31(42)43)30(41)26(17-20-7-5-4-6-8-20)35-29(40)28(39)34-25-18-22(33)11-14-27(25)36-16-15-24(38)19-36/h4-14,18,24,26,38H,15-17,19H2,1-3H3,(H,34,39)(H,35,40)(H,42,43). The summed E-state index contributed by atoms with van der Waals surface area (Å²) in [6.45, 7) is 6.41. The van der Waals surface area contributed by atoms with Gasteiger partial charge in [0, 0.05) is 35.8 Å². The minimum absolute atomic E-state index is 0.0692. The van der Waals surface area contributed by atoms with Crippen molar-refractivity contribution in [1.82, 2.24) is 5.32 Å². The molecule has 1 heterocycles. The predicted octanol–water partition coefficient (Wildman–Crippen LogP) is 4.11. The van der Waals surface area contributed by atoms with Gasteiger partial charge in [0.15, 0.2) is 0 Å². The number of aromatic carboxylic acids is 1. The Morgan fingerprint density at radius 3 is 2.26 bits per heavy atom. The summed E-state index contributed by atoms with van der Waals surface area (Å²) < 4.78 is 0. The number of aliphatic hydroxyl groups excluding tert-OH is 1. The van der Waals surface area contributed by atoms with Crippen LogP contribution >= 0.6 is 11.6 Å². The number of amides is 3. The summed E-state index contributed by atoms with van der Waals surface area (Å²) in [5, 5.41) is 24.9. The van der Waals surface area contributed by atoms with Gasteiger partial charge in [-0.25, -0.2) is 4.79 Å². The molecule has 43 heavy (non-hydrogen) atoms. The average molecular weight is 607 g/mol. The fourth-order valence-corrected chi connectivity index (χ4v) is 5.22. The van der Waals surface area contributed by atoms with Crippen LogP contribution in [0, 0.1) is 0 Å². The zero-order valence-corrected chi connectivity index (χ0v) is 25.0. The first kappa shape index (κ1) is 31.5. The van der Waals surface area contributed by atoms with Gasteiger partial charge in [0.1, 0.15) is 6.04 Å². The Labute approximate surface area is 255 Å². The molecule has 0 spiro atoms. The van der Waals surface area contributed by atoms with Gasteiger partial charge < -0.3 is 30.6 Å². The van der Waals surface area contributed by atoms with Gasteiger partial charge in [-0.15, -0.1) is 0 Å². The number of halogens is 1. The fourth-order valence-electron chi connectivity index (χ4n) is 5.05. The molecular formula is C32H35ClN4O6. The molecule has 0 aliphatic carbocycles. The highest BCUT2D eigenvalue weighted by atomic mass is 35.5. The summed E-state index contributed by atoms with van der Waals surface area (Å²) in [7, 11) is 0. The molecule has 0 bridgehead atoms. The summed E-state index contributed by atoms with van der Waals surface area (Å²) >= 11 is 6.19. The van der Waals surface area contributed by atoms with Crippen molar-refractivity contribution in [1.29, 1.82) is 0 Å². The lowest BCUT2D eigenvalue weighted by molar-refractivity contribution is -0.137. The van der Waals surface area contributed by atoms with Crippen molar-refractivity contribution in [3.05, 3.63) is 88.9 Å². The van der Waals surface area contributed by atoms with Crippen LogP contribution in [-0.2, 0) is 20.8 Å². The highest BCUT2D eigenvalue weighted by Crippen LogP contribution is 2.32. The molecule has 4 N–H and O–H groups in total. The maximum atomic E-state index is 14.1. The van der Waals surface area contributed by atoms with Gasteiger partial charge in [-0.05, 0) is 75.2 Å². The Bertz CT molecular complexity index is 1490. The molecule has 10 nitrogen and oxygen atoms in total. The number of carboxylic acids is 1. The molecule has 3 aromatic rings. The van der Waals surface area contributed by atoms with Crippen molar-refractivity contribution in [3.8, 4) is 0 Å². The second-order valence-electron chi connectivity index (χ2n) is 11.4. The van der Waals surface area contributed by atoms with Crippen molar-refractivity contribution in [2.45, 2.75) is 51.3 Å². The molecule has 3 aromatic carbocycles. The lowest BCUT2D eigenvalue weighted by Gasteiger charge is -2.38. The number of anilines is 3. The molecule has 3 amide bonds. The number of hydrogen-bond acceptors (Lipinski definition) is 6. The molecule has 4 rings (SSSR count). The maximum absolute atomic E-state index is 14.1. The quantitative estimate of drug-likeness (QED) is 0.283. The molecule has 0 aromatic heterocycles. The van der Waals surface area contributed by atoms with Crippen LogP contribution in [0.15, 0.2) is 72.8 Å². The van der Waals surface area contributed by atoms with Crippen molar-refractivity contribution in [3.63, 3.8) is 0 Å². The third-order valence-corrected chi connectivity index (χ3v) is 7.30. The monoisotopic (exact) mass is 606 g/mol. The molecule has 11 heteroatoms. The largest absolute Gasteiger partial charge is 0.478 e. The molecule has 1 aliphatic rings. The molecule has 1 saturated heterocycles. The van der Waals surface area contributed by atoms with E-state index in [0.717, 1.165) is 5.56 Å². The first-order valence-corrected chi connectivity index (χ1v) is 14.3. The normalized spacial score (nSPS) is 15.5. The molecule has 0 saturated carbocycles. The average Bonchev–Trinajstić information content (AvgIpc) is 3.38. The van der Waals surface area contributed by atoms with Gasteiger partial charge in [-0.2, -0.15) is 0 Å². The van der Waals surface area contributed by atoms with E-state index in [1.807, 2.05) is 56.0 Å². The highest BCUT2D eigenvalue weighted by Gasteiger charge is 2.35. The van der Waals surface area contributed by atoms with E-state index in [1.54, 1.807) is 12.1 Å². The van der Waals surface area contributed by atoms with E-state index < -0.39 is 41.4 Å². The van der Waals surface area contributed by atoms with Gasteiger partial charge in [-0.1, -0.05) is 41.9 Å². The minimum Gasteiger partial charge on any atom is -0.478 e. The SMILES string of the molecule is CC(C)(C)N(C(=O)C(Cc1ccccc1)NC(=O)C(=O)Nc1cc(Cl)ccc1N1CCC(O)C1)c1ccc(C(=O)O)cc1. The lowest BCUT2D eigenvalue weighted by atomic mass is 9.99. The van der Waals surface area contributed by atoms with E-state index in [4.69, 9.17) is 11.6 Å². The molecular weight excluding hydrogens is 572 g/mol. The second kappa shape index (κ2) is 13.3. The molecule has 0 radical (unpaired) electrons. The number of hydrogen-bond donors (Lipinski definition) is 4. The zero-order valence-electron chi connectivity index (χ0n) is 24.2. The number of rotatable bonds is 8. The number of benzene rings is 3. The van der Waals surface area contributed by atoms with Crippen LogP contribution in [0.1, 0.15) is 43.1 Å². The van der Waals surface area contributed by atoms with Crippen LogP contribution in [0.3, 0.4) is 0 Å². The van der Waals surface area contributed by atoms with Crippen molar-refractivity contribution >= 4 is 52.4 Å². The smallest absolute Gasteiger partial charge is 0.335 e. The van der Waals surface area contributed by atoms with Gasteiger partial charge in [-0.3, -0.25) is 14.4 Å². The molecule has 2 atom stereocenters. The number of carbonyl (C=O) groups excluding carboxylic acids is 3. The Morgan fingerprint density at radius 2 is 1.67 bits per heavy atom. The van der Waals surface area contributed by atoms with Crippen LogP contribution in [0.5, 0.6) is 0 Å². The van der Waals surface area contributed by atoms with Gasteiger partial charge in [0.05, 0.1) is 23.0 Å². The molecule has 1 aliphatic heterocycles. The summed E-state index contributed by atoms with van der Waals surface area (Å²) in [4.78, 5) is 55.4. The zero-order chi connectivity index (χ0) is 31.3. The van der Waals surface area contributed by atoms with Crippen LogP contribution in [-0.4, -0.2) is 64.7 Å². The van der Waals surface area contributed by atoms with Gasteiger partial charge in [0.2, 0.25) is 5.91 Å².